The van der Waals surface area contributed by atoms with Crippen LogP contribution in [0.5, 0.6) is 0 Å². The van der Waals surface area contributed by atoms with E-state index in [4.69, 9.17) is 28.3 Å². The molecular weight excluding hydrogens is 863 g/mol. The van der Waals surface area contributed by atoms with E-state index >= 15 is 0 Å². The number of halogens is 14. The van der Waals surface area contributed by atoms with Crippen molar-refractivity contribution < 1.29 is 67.3 Å². The molecule has 9 nitrogen and oxygen atoms in total. The van der Waals surface area contributed by atoms with Crippen LogP contribution < -0.4 is 15.1 Å². The van der Waals surface area contributed by atoms with E-state index in [1.807, 2.05) is 23.1 Å². The molecule has 59 heavy (non-hydrogen) atoms. The van der Waals surface area contributed by atoms with Crippen molar-refractivity contribution in [2.45, 2.75) is 70.3 Å². The van der Waals surface area contributed by atoms with E-state index in [0.717, 1.165) is 73.4 Å². The SMILES string of the molecule is C.Clc1ccc(CN2CCNCC2)c(N2CCC2)c1.O=C(OC(C(F)(F)F)C(F)(F)F)N1CCN(Cc2ccc(Cl)cc2N2CCC2)CC1.OC(C(F)(F)F)C(F)(F)F. The number of anilines is 2. The molecule has 4 aliphatic heterocycles. The molecule has 0 bridgehead atoms. The zero-order valence-electron chi connectivity index (χ0n) is 30.7. The van der Waals surface area contributed by atoms with Gasteiger partial charge in [-0.15, -0.1) is 0 Å². The van der Waals surface area contributed by atoms with Crippen molar-refractivity contribution in [2.24, 2.45) is 0 Å². The third-order valence-electron chi connectivity index (χ3n) is 9.55. The summed E-state index contributed by atoms with van der Waals surface area (Å²) in [5.74, 6) is 0. The van der Waals surface area contributed by atoms with E-state index in [-0.39, 0.29) is 20.5 Å². The van der Waals surface area contributed by atoms with E-state index in [1.165, 1.54) is 30.8 Å². The lowest BCUT2D eigenvalue weighted by Crippen LogP contribution is -2.52. The van der Waals surface area contributed by atoms with Crippen LogP contribution >= 0.6 is 23.2 Å². The van der Waals surface area contributed by atoms with Crippen molar-refractivity contribution >= 4 is 40.7 Å². The van der Waals surface area contributed by atoms with Crippen LogP contribution in [0.15, 0.2) is 36.4 Å². The van der Waals surface area contributed by atoms with Gasteiger partial charge in [0.15, 0.2) is 0 Å². The molecule has 4 saturated heterocycles. The number of ether oxygens (including phenoxy) is 1. The third kappa shape index (κ3) is 15.1. The highest BCUT2D eigenvalue weighted by Gasteiger charge is 2.60. The molecule has 2 aromatic carbocycles. The van der Waals surface area contributed by atoms with Gasteiger partial charge < -0.3 is 29.9 Å². The van der Waals surface area contributed by atoms with E-state index in [0.29, 0.717) is 24.7 Å². The fourth-order valence-electron chi connectivity index (χ4n) is 6.16. The highest BCUT2D eigenvalue weighted by Crippen LogP contribution is 2.37. The van der Waals surface area contributed by atoms with Gasteiger partial charge >= 0.3 is 30.8 Å². The molecule has 0 radical (unpaired) electrons. The Morgan fingerprint density at radius 3 is 1.34 bits per heavy atom. The van der Waals surface area contributed by atoms with Gasteiger partial charge in [-0.2, -0.15) is 52.7 Å². The average Bonchev–Trinajstić information content (AvgIpc) is 3.07. The number of hydrogen-bond donors (Lipinski definition) is 2. The van der Waals surface area contributed by atoms with Crippen molar-refractivity contribution in [2.75, 3.05) is 88.3 Å². The molecule has 2 aromatic rings. The van der Waals surface area contributed by atoms with Gasteiger partial charge in [-0.1, -0.05) is 42.8 Å². The Hall–Kier alpha value is -3.11. The predicted octanol–water partition coefficient (Wildman–Crippen LogP) is 8.36. The monoisotopic (exact) mass is 908 g/mol. The molecule has 2 N–H and O–H groups in total. The Labute approximate surface area is 343 Å². The number of aliphatic hydroxyl groups is 1. The van der Waals surface area contributed by atoms with Gasteiger partial charge in [0.1, 0.15) is 0 Å². The van der Waals surface area contributed by atoms with Crippen LogP contribution in [0.2, 0.25) is 10.0 Å². The maximum absolute atomic E-state index is 12.6. The number of piperazine rings is 2. The molecule has 0 saturated carbocycles. The van der Waals surface area contributed by atoms with Gasteiger partial charge in [-0.3, -0.25) is 9.80 Å². The van der Waals surface area contributed by atoms with Crippen LogP contribution in [0, 0.1) is 0 Å². The minimum atomic E-state index is -5.72. The number of rotatable bonds is 7. The second kappa shape index (κ2) is 21.1. The van der Waals surface area contributed by atoms with E-state index < -0.39 is 43.0 Å². The number of benzene rings is 2. The molecule has 23 heteroatoms. The number of nitrogens with one attached hydrogen (secondary N) is 1. The summed E-state index contributed by atoms with van der Waals surface area (Å²) in [6, 6.07) is 11.9. The zero-order valence-corrected chi connectivity index (χ0v) is 32.2. The summed E-state index contributed by atoms with van der Waals surface area (Å²) in [5, 5.41) is 12.3. The summed E-state index contributed by atoms with van der Waals surface area (Å²) < 4.78 is 145. The number of hydrogen-bond acceptors (Lipinski definition) is 8. The summed E-state index contributed by atoms with van der Waals surface area (Å²) in [4.78, 5) is 21.8. The maximum atomic E-state index is 12.6. The molecule has 4 aliphatic rings. The first-order valence-corrected chi connectivity index (χ1v) is 18.8. The first-order valence-electron chi connectivity index (χ1n) is 18.1. The second-order valence-corrected chi connectivity index (χ2v) is 14.7. The molecule has 336 valence electrons. The Bertz CT molecular complexity index is 1600. The normalized spacial score (nSPS) is 18.2. The number of aliphatic hydroxyl groups excluding tert-OH is 1. The van der Waals surface area contributed by atoms with Gasteiger partial charge in [0.05, 0.1) is 0 Å². The molecule has 0 spiro atoms. The lowest BCUT2D eigenvalue weighted by atomic mass is 10.1. The Balaban J connectivity index is 0.000000271. The van der Waals surface area contributed by atoms with Gasteiger partial charge in [-0.25, -0.2) is 4.79 Å². The summed E-state index contributed by atoms with van der Waals surface area (Å²) in [6.45, 7) is 10.8. The van der Waals surface area contributed by atoms with Crippen molar-refractivity contribution in [3.8, 4) is 0 Å². The minimum Gasteiger partial charge on any atom is -0.426 e. The molecule has 6 rings (SSSR count). The summed E-state index contributed by atoms with van der Waals surface area (Å²) in [5.41, 5.74) is 4.78. The van der Waals surface area contributed by atoms with Crippen molar-refractivity contribution in [1.29, 1.82) is 0 Å². The van der Waals surface area contributed by atoms with Crippen LogP contribution in [0.25, 0.3) is 0 Å². The predicted molar refractivity (Wildman–Crippen MR) is 199 cm³/mol. The van der Waals surface area contributed by atoms with Crippen LogP contribution in [-0.2, 0) is 17.8 Å². The van der Waals surface area contributed by atoms with Crippen molar-refractivity contribution in [3.05, 3.63) is 57.6 Å². The van der Waals surface area contributed by atoms with Crippen LogP contribution in [0.3, 0.4) is 0 Å². The van der Waals surface area contributed by atoms with E-state index in [1.54, 1.807) is 6.07 Å². The quantitative estimate of drug-likeness (QED) is 0.269. The molecule has 0 unspecified atom stereocenters. The van der Waals surface area contributed by atoms with Crippen LogP contribution in [0.4, 0.5) is 68.9 Å². The molecule has 1 amide bonds. The number of carbonyl (C=O) groups is 1. The number of amides is 1. The largest absolute Gasteiger partial charge is 0.434 e. The molecular formula is C36H46Cl2F12N6O3. The first kappa shape index (κ1) is 50.2. The van der Waals surface area contributed by atoms with E-state index in [9.17, 15) is 57.5 Å². The molecule has 0 aliphatic carbocycles. The number of nitrogens with zero attached hydrogens (tertiary/aromatic N) is 5. The number of alkyl halides is 12. The molecule has 4 heterocycles. The molecule has 0 atom stereocenters. The first-order chi connectivity index (χ1) is 26.9. The summed E-state index contributed by atoms with van der Waals surface area (Å²) >= 11 is 12.2. The fourth-order valence-corrected chi connectivity index (χ4v) is 6.50. The van der Waals surface area contributed by atoms with Gasteiger partial charge in [0, 0.05) is 113 Å². The van der Waals surface area contributed by atoms with Crippen molar-refractivity contribution in [1.82, 2.24) is 20.0 Å². The average molecular weight is 910 g/mol. The van der Waals surface area contributed by atoms with E-state index in [2.05, 4.69) is 36.9 Å². The van der Waals surface area contributed by atoms with Gasteiger partial charge in [0.25, 0.3) is 6.10 Å². The molecule has 0 aromatic heterocycles. The topological polar surface area (TPSA) is 74.8 Å². The second-order valence-electron chi connectivity index (χ2n) is 13.8. The lowest BCUT2D eigenvalue weighted by molar-refractivity contribution is -0.309. The number of carbonyl (C=O) groups excluding carboxylic acids is 1. The molecule has 4 fully saturated rings. The summed E-state index contributed by atoms with van der Waals surface area (Å²) in [6.07, 6.45) is -30.3. The fraction of sp³-hybridized carbons (Fsp3) is 0.639. The lowest BCUT2D eigenvalue weighted by Gasteiger charge is -2.38. The smallest absolute Gasteiger partial charge is 0.426 e. The third-order valence-corrected chi connectivity index (χ3v) is 10.0. The highest BCUT2D eigenvalue weighted by molar-refractivity contribution is 6.31. The Morgan fingerprint density at radius 1 is 0.627 bits per heavy atom. The van der Waals surface area contributed by atoms with Crippen molar-refractivity contribution in [3.63, 3.8) is 0 Å². The van der Waals surface area contributed by atoms with Gasteiger partial charge in [-0.05, 0) is 48.2 Å². The van der Waals surface area contributed by atoms with Crippen LogP contribution in [-0.4, -0.2) is 141 Å². The van der Waals surface area contributed by atoms with Gasteiger partial charge in [0.2, 0.25) is 6.10 Å². The minimum absolute atomic E-state index is 0. The standard InChI is InChI=1S/C18H20ClF6N3O2.C14H20ClN3.C3H2F6O.CH4/c19-13-3-2-12(14(10-13)27-4-1-5-27)11-26-6-8-28(9-7-26)16(29)30-15(17(20,21)22)18(23,24)25;15-13-3-2-12(11-17-8-4-16-5-9-17)14(10-13)18-6-1-7-18;4-2(5,6)1(10)3(7,8)9;/h2-3,10,15H,1,4-9,11H2;2-3,10,16H,1,4-9,11H2;1,10H;1H4. The maximum Gasteiger partial charge on any atom is 0.434 e. The summed E-state index contributed by atoms with van der Waals surface area (Å²) in [7, 11) is 0. The Morgan fingerprint density at radius 2 is 1.02 bits per heavy atom. The van der Waals surface area contributed by atoms with Crippen LogP contribution in [0.1, 0.15) is 31.4 Å². The highest BCUT2D eigenvalue weighted by atomic mass is 35.5. The Kier molecular flexibility index (Phi) is 18.0. The zero-order chi connectivity index (χ0) is 43.1.